The molecule has 0 radical (unpaired) electrons. The Balaban J connectivity index is 2.09. The fourth-order valence-electron chi connectivity index (χ4n) is 3.13. The van der Waals surface area contributed by atoms with Gasteiger partial charge in [-0.3, -0.25) is 4.79 Å². The van der Waals surface area contributed by atoms with E-state index in [9.17, 15) is 25.2 Å². The Morgan fingerprint density at radius 2 is 1.71 bits per heavy atom. The summed E-state index contributed by atoms with van der Waals surface area (Å²) in [5.41, 5.74) is 2.85. The summed E-state index contributed by atoms with van der Waals surface area (Å²) in [5, 5.41) is 39.4. The SMILES string of the molecule is CC(=CCc1cc(C(C=O)=CCc2ccc(O)cc2)ccc1O)CCC(O)C(C)(C)O. The van der Waals surface area contributed by atoms with Crippen LogP contribution in [0.2, 0.25) is 0 Å². The van der Waals surface area contributed by atoms with Gasteiger partial charge < -0.3 is 20.4 Å². The number of allylic oxidation sites excluding steroid dienone is 4. The van der Waals surface area contributed by atoms with Crippen molar-refractivity contribution in [3.8, 4) is 11.5 Å². The van der Waals surface area contributed by atoms with Crippen LogP contribution in [0.1, 0.15) is 50.3 Å². The van der Waals surface area contributed by atoms with Crippen molar-refractivity contribution >= 4 is 11.9 Å². The summed E-state index contributed by atoms with van der Waals surface area (Å²) in [6.07, 6.45) is 5.94. The summed E-state index contributed by atoms with van der Waals surface area (Å²) in [4.78, 5) is 11.6. The molecule has 0 saturated heterocycles. The van der Waals surface area contributed by atoms with Crippen LogP contribution in [-0.2, 0) is 17.6 Å². The first-order chi connectivity index (χ1) is 14.6. The van der Waals surface area contributed by atoms with Gasteiger partial charge >= 0.3 is 0 Å². The van der Waals surface area contributed by atoms with Gasteiger partial charge in [-0.05, 0) is 87.4 Å². The second-order valence-corrected chi connectivity index (χ2v) is 8.45. The molecule has 5 heteroatoms. The third-order valence-electron chi connectivity index (χ3n) is 5.33. The number of phenolic OH excluding ortho intramolecular Hbond substituents is 2. The molecule has 0 saturated carbocycles. The normalized spacial score (nSPS) is 13.8. The average Bonchev–Trinajstić information content (AvgIpc) is 2.72. The van der Waals surface area contributed by atoms with Gasteiger partial charge in [-0.25, -0.2) is 0 Å². The topological polar surface area (TPSA) is 98.0 Å². The number of hydrogen-bond donors (Lipinski definition) is 4. The van der Waals surface area contributed by atoms with E-state index < -0.39 is 11.7 Å². The van der Waals surface area contributed by atoms with Gasteiger partial charge in [0, 0.05) is 5.57 Å². The van der Waals surface area contributed by atoms with E-state index in [2.05, 4.69) is 0 Å². The molecular weight excluding hydrogens is 392 g/mol. The molecule has 0 fully saturated rings. The second-order valence-electron chi connectivity index (χ2n) is 8.45. The van der Waals surface area contributed by atoms with Crippen molar-refractivity contribution in [2.24, 2.45) is 0 Å². The van der Waals surface area contributed by atoms with Crippen LogP contribution in [0.3, 0.4) is 0 Å². The summed E-state index contributed by atoms with van der Waals surface area (Å²) < 4.78 is 0. The lowest BCUT2D eigenvalue weighted by Crippen LogP contribution is -2.35. The van der Waals surface area contributed by atoms with Gasteiger partial charge in [0.1, 0.15) is 17.8 Å². The van der Waals surface area contributed by atoms with Gasteiger partial charge in [-0.2, -0.15) is 0 Å². The standard InChI is InChI=1S/C26H32O5/c1-18(5-15-25(30)26(2,3)31)4-9-21-16-20(11-14-24(21)29)22(17-27)10-6-19-7-12-23(28)13-8-19/h4,7-8,10-14,16-17,25,28-31H,5-6,9,15H2,1-3H3. The number of carbonyl (C=O) groups is 1. The molecule has 2 rings (SSSR count). The second kappa shape index (κ2) is 10.9. The van der Waals surface area contributed by atoms with Crippen molar-refractivity contribution in [2.75, 3.05) is 0 Å². The number of aromatic hydroxyl groups is 2. The van der Waals surface area contributed by atoms with Crippen LogP contribution < -0.4 is 0 Å². The van der Waals surface area contributed by atoms with E-state index in [-0.39, 0.29) is 11.5 Å². The van der Waals surface area contributed by atoms with Crippen LogP contribution in [0, 0.1) is 0 Å². The Kier molecular flexibility index (Phi) is 8.60. The zero-order valence-electron chi connectivity index (χ0n) is 18.4. The van der Waals surface area contributed by atoms with Crippen LogP contribution in [0.5, 0.6) is 11.5 Å². The molecule has 31 heavy (non-hydrogen) atoms. The molecule has 4 N–H and O–H groups in total. The fraction of sp³-hybridized carbons (Fsp3) is 0.346. The Morgan fingerprint density at radius 3 is 2.32 bits per heavy atom. The Morgan fingerprint density at radius 1 is 1.03 bits per heavy atom. The minimum atomic E-state index is -1.13. The third kappa shape index (κ3) is 7.70. The fourth-order valence-corrected chi connectivity index (χ4v) is 3.13. The molecule has 0 spiro atoms. The van der Waals surface area contributed by atoms with Crippen LogP contribution in [0.4, 0.5) is 0 Å². The Hall–Kier alpha value is -2.89. The predicted octanol–water partition coefficient (Wildman–Crippen LogP) is 4.32. The Labute approximate surface area is 184 Å². The minimum Gasteiger partial charge on any atom is -0.508 e. The van der Waals surface area contributed by atoms with Crippen molar-refractivity contribution in [1.29, 1.82) is 0 Å². The zero-order valence-corrected chi connectivity index (χ0v) is 18.4. The quantitative estimate of drug-likeness (QED) is 0.259. The van der Waals surface area contributed by atoms with E-state index in [1.165, 1.54) is 0 Å². The molecule has 0 aromatic heterocycles. The molecule has 5 nitrogen and oxygen atoms in total. The first kappa shape index (κ1) is 24.4. The van der Waals surface area contributed by atoms with E-state index in [0.29, 0.717) is 36.8 Å². The molecule has 0 aliphatic heterocycles. The summed E-state index contributed by atoms with van der Waals surface area (Å²) >= 11 is 0. The van der Waals surface area contributed by atoms with Crippen molar-refractivity contribution in [1.82, 2.24) is 0 Å². The Bertz CT molecular complexity index is 933. The molecule has 0 bridgehead atoms. The maximum Gasteiger partial charge on any atom is 0.150 e. The molecule has 2 aromatic carbocycles. The molecular formula is C26H32O5. The number of rotatable bonds is 10. The number of phenols is 2. The minimum absolute atomic E-state index is 0.160. The van der Waals surface area contributed by atoms with Gasteiger partial charge in [-0.1, -0.05) is 35.9 Å². The number of aliphatic hydroxyl groups is 2. The number of carbonyl (C=O) groups excluding carboxylic acids is 1. The van der Waals surface area contributed by atoms with Crippen molar-refractivity contribution in [3.05, 3.63) is 76.9 Å². The monoisotopic (exact) mass is 424 g/mol. The molecule has 166 valence electrons. The largest absolute Gasteiger partial charge is 0.508 e. The summed E-state index contributed by atoms with van der Waals surface area (Å²) in [6.45, 7) is 5.12. The highest BCUT2D eigenvalue weighted by atomic mass is 16.3. The number of aldehydes is 1. The van der Waals surface area contributed by atoms with Gasteiger partial charge in [-0.15, -0.1) is 0 Å². The lowest BCUT2D eigenvalue weighted by atomic mass is 9.95. The van der Waals surface area contributed by atoms with Crippen LogP contribution in [0.15, 0.2) is 60.2 Å². The van der Waals surface area contributed by atoms with E-state index in [1.807, 2.05) is 25.1 Å². The van der Waals surface area contributed by atoms with Gasteiger partial charge in [0.15, 0.2) is 0 Å². The van der Waals surface area contributed by atoms with E-state index in [4.69, 9.17) is 0 Å². The van der Waals surface area contributed by atoms with Gasteiger partial charge in [0.2, 0.25) is 0 Å². The first-order valence-corrected chi connectivity index (χ1v) is 10.4. The summed E-state index contributed by atoms with van der Waals surface area (Å²) in [6, 6.07) is 11.9. The van der Waals surface area contributed by atoms with Crippen molar-refractivity contribution in [2.45, 2.75) is 58.2 Å². The third-order valence-corrected chi connectivity index (χ3v) is 5.33. The maximum absolute atomic E-state index is 11.6. The summed E-state index contributed by atoms with van der Waals surface area (Å²) in [7, 11) is 0. The highest BCUT2D eigenvalue weighted by Crippen LogP contribution is 2.25. The molecule has 0 heterocycles. The van der Waals surface area contributed by atoms with Crippen molar-refractivity contribution in [3.63, 3.8) is 0 Å². The van der Waals surface area contributed by atoms with Crippen molar-refractivity contribution < 1.29 is 25.2 Å². The molecule has 0 aliphatic rings. The number of benzene rings is 2. The van der Waals surface area contributed by atoms with Crippen LogP contribution >= 0.6 is 0 Å². The van der Waals surface area contributed by atoms with Gasteiger partial charge in [0.05, 0.1) is 11.7 Å². The van der Waals surface area contributed by atoms with E-state index in [1.54, 1.807) is 50.2 Å². The van der Waals surface area contributed by atoms with Crippen LogP contribution in [-0.4, -0.2) is 38.4 Å². The van der Waals surface area contributed by atoms with Crippen LogP contribution in [0.25, 0.3) is 5.57 Å². The molecule has 0 aliphatic carbocycles. The first-order valence-electron chi connectivity index (χ1n) is 10.4. The molecule has 1 atom stereocenters. The molecule has 2 aromatic rings. The predicted molar refractivity (Wildman–Crippen MR) is 123 cm³/mol. The average molecular weight is 425 g/mol. The molecule has 1 unspecified atom stereocenters. The van der Waals surface area contributed by atoms with E-state index in [0.717, 1.165) is 23.0 Å². The zero-order chi connectivity index (χ0) is 23.0. The highest BCUT2D eigenvalue weighted by Gasteiger charge is 2.23. The lowest BCUT2D eigenvalue weighted by molar-refractivity contribution is -0.103. The smallest absolute Gasteiger partial charge is 0.150 e. The van der Waals surface area contributed by atoms with E-state index >= 15 is 0 Å². The molecule has 0 amide bonds. The summed E-state index contributed by atoms with van der Waals surface area (Å²) in [5.74, 6) is 0.359. The number of aliphatic hydroxyl groups excluding tert-OH is 1. The van der Waals surface area contributed by atoms with Gasteiger partial charge in [0.25, 0.3) is 0 Å². The maximum atomic E-state index is 11.6. The highest BCUT2D eigenvalue weighted by molar-refractivity contribution is 6.07. The number of hydrogen-bond acceptors (Lipinski definition) is 5. The lowest BCUT2D eigenvalue weighted by Gasteiger charge is -2.24.